The van der Waals surface area contributed by atoms with Crippen molar-refractivity contribution in [2.45, 2.75) is 45.8 Å². The summed E-state index contributed by atoms with van der Waals surface area (Å²) < 4.78 is 0. The van der Waals surface area contributed by atoms with Gasteiger partial charge in [0.05, 0.1) is 12.2 Å². The van der Waals surface area contributed by atoms with Crippen LogP contribution in [0.5, 0.6) is 0 Å². The molecule has 80 valence electrons. The lowest BCUT2D eigenvalue weighted by molar-refractivity contribution is 0.0693. The van der Waals surface area contributed by atoms with Crippen LogP contribution in [0.2, 0.25) is 0 Å². The van der Waals surface area contributed by atoms with Crippen LogP contribution < -0.4 is 0 Å². The van der Waals surface area contributed by atoms with Gasteiger partial charge < -0.3 is 10.2 Å². The van der Waals surface area contributed by atoms with Crippen LogP contribution in [0.25, 0.3) is 0 Å². The molecule has 2 atom stereocenters. The molecule has 0 aliphatic carbocycles. The molecule has 2 N–H and O–H groups in total. The molecule has 0 amide bonds. The average Bonchev–Trinajstić information content (AvgIpc) is 2.44. The number of aliphatic hydroxyl groups excluding tert-OH is 1. The highest BCUT2D eigenvalue weighted by molar-refractivity contribution is 4.92. The Morgan fingerprint density at radius 1 is 1.46 bits per heavy atom. The number of likely N-dealkylation sites (N-methyl/N-ethyl adjacent to an activating group) is 1. The lowest BCUT2D eigenvalue weighted by Crippen LogP contribution is -2.33. The molecule has 1 fully saturated rings. The van der Waals surface area contributed by atoms with E-state index in [-0.39, 0.29) is 12.6 Å². The highest BCUT2D eigenvalue weighted by Crippen LogP contribution is 2.25. The molecule has 13 heavy (non-hydrogen) atoms. The Balaban J connectivity index is 0.000000671. The van der Waals surface area contributed by atoms with Crippen molar-refractivity contribution < 1.29 is 10.2 Å². The van der Waals surface area contributed by atoms with Gasteiger partial charge >= 0.3 is 0 Å². The predicted molar refractivity (Wildman–Crippen MR) is 54.7 cm³/mol. The standard InChI is InChI=1S/C8H17NO2.C2H6/c1-3-9-6-8(2,11)4-7(9)5-10;1-2/h7,10-11H,3-6H2,1-2H3;1-2H3. The highest BCUT2D eigenvalue weighted by atomic mass is 16.3. The Bertz CT molecular complexity index is 123. The van der Waals surface area contributed by atoms with Crippen LogP contribution in [0.3, 0.4) is 0 Å². The molecule has 0 radical (unpaired) electrons. The van der Waals surface area contributed by atoms with Crippen molar-refractivity contribution in [1.82, 2.24) is 4.90 Å². The van der Waals surface area contributed by atoms with E-state index in [1.54, 1.807) is 0 Å². The molecule has 0 saturated carbocycles. The van der Waals surface area contributed by atoms with Crippen molar-refractivity contribution in [3.8, 4) is 0 Å². The molecule has 1 saturated heterocycles. The molecule has 1 heterocycles. The number of aliphatic hydroxyl groups is 2. The van der Waals surface area contributed by atoms with E-state index in [0.29, 0.717) is 13.0 Å². The van der Waals surface area contributed by atoms with Crippen molar-refractivity contribution >= 4 is 0 Å². The quantitative estimate of drug-likeness (QED) is 0.677. The molecule has 1 rings (SSSR count). The summed E-state index contributed by atoms with van der Waals surface area (Å²) in [5.41, 5.74) is -0.594. The van der Waals surface area contributed by atoms with E-state index < -0.39 is 5.60 Å². The van der Waals surface area contributed by atoms with Crippen molar-refractivity contribution in [1.29, 1.82) is 0 Å². The van der Waals surface area contributed by atoms with Gasteiger partial charge in [-0.15, -0.1) is 0 Å². The molecule has 0 aromatic carbocycles. The molecule has 1 aliphatic rings. The van der Waals surface area contributed by atoms with Gasteiger partial charge in [-0.25, -0.2) is 0 Å². The van der Waals surface area contributed by atoms with Crippen LogP contribution in [-0.4, -0.2) is 46.5 Å². The van der Waals surface area contributed by atoms with Gasteiger partial charge in [-0.3, -0.25) is 4.90 Å². The summed E-state index contributed by atoms with van der Waals surface area (Å²) in [4.78, 5) is 2.11. The van der Waals surface area contributed by atoms with Gasteiger partial charge in [0, 0.05) is 12.6 Å². The van der Waals surface area contributed by atoms with E-state index in [1.165, 1.54) is 0 Å². The van der Waals surface area contributed by atoms with Gasteiger partial charge in [-0.2, -0.15) is 0 Å². The molecule has 0 bridgehead atoms. The van der Waals surface area contributed by atoms with Crippen molar-refractivity contribution in [3.63, 3.8) is 0 Å². The number of β-amino-alcohol motifs (C(OH)–C–C–N with tert-alkyl or cyclic N) is 1. The van der Waals surface area contributed by atoms with E-state index in [2.05, 4.69) is 4.90 Å². The normalized spacial score (nSPS) is 34.2. The van der Waals surface area contributed by atoms with Crippen molar-refractivity contribution in [2.75, 3.05) is 19.7 Å². The molecular weight excluding hydrogens is 166 g/mol. The molecule has 0 aromatic heterocycles. The van der Waals surface area contributed by atoms with Crippen LogP contribution in [0, 0.1) is 0 Å². The minimum Gasteiger partial charge on any atom is -0.395 e. The van der Waals surface area contributed by atoms with Crippen LogP contribution in [0.4, 0.5) is 0 Å². The molecule has 3 nitrogen and oxygen atoms in total. The molecule has 0 spiro atoms. The smallest absolute Gasteiger partial charge is 0.0762 e. The second-order valence-electron chi connectivity index (χ2n) is 3.60. The predicted octanol–water partition coefficient (Wildman–Crippen LogP) is 0.850. The zero-order valence-electron chi connectivity index (χ0n) is 9.25. The molecule has 1 aliphatic heterocycles. The van der Waals surface area contributed by atoms with Gasteiger partial charge in [0.15, 0.2) is 0 Å². The minimum absolute atomic E-state index is 0.157. The average molecular weight is 189 g/mol. The molecule has 0 aromatic rings. The summed E-state index contributed by atoms with van der Waals surface area (Å²) >= 11 is 0. The first-order valence-corrected chi connectivity index (χ1v) is 5.16. The third-order valence-corrected chi connectivity index (χ3v) is 2.35. The topological polar surface area (TPSA) is 43.7 Å². The number of rotatable bonds is 2. The van der Waals surface area contributed by atoms with E-state index in [4.69, 9.17) is 5.11 Å². The van der Waals surface area contributed by atoms with Gasteiger partial charge in [0.25, 0.3) is 0 Å². The first-order chi connectivity index (χ1) is 6.09. The largest absolute Gasteiger partial charge is 0.395 e. The fourth-order valence-corrected chi connectivity index (χ4v) is 1.82. The summed E-state index contributed by atoms with van der Waals surface area (Å²) in [7, 11) is 0. The van der Waals surface area contributed by atoms with Gasteiger partial charge in [-0.05, 0) is 19.9 Å². The van der Waals surface area contributed by atoms with Crippen LogP contribution >= 0.6 is 0 Å². The second kappa shape index (κ2) is 5.58. The number of hydrogen-bond acceptors (Lipinski definition) is 3. The maximum atomic E-state index is 9.64. The summed E-state index contributed by atoms with van der Waals surface area (Å²) in [5, 5.41) is 18.6. The fraction of sp³-hybridized carbons (Fsp3) is 1.00. The van der Waals surface area contributed by atoms with E-state index in [9.17, 15) is 5.11 Å². The lowest BCUT2D eigenvalue weighted by Gasteiger charge is -2.19. The molecule has 3 heteroatoms. The molecular formula is C10H23NO2. The third-order valence-electron chi connectivity index (χ3n) is 2.35. The third kappa shape index (κ3) is 3.63. The second-order valence-corrected chi connectivity index (χ2v) is 3.60. The highest BCUT2D eigenvalue weighted by Gasteiger charge is 2.37. The summed E-state index contributed by atoms with van der Waals surface area (Å²) in [6.45, 7) is 9.62. The van der Waals surface area contributed by atoms with Crippen LogP contribution in [-0.2, 0) is 0 Å². The SMILES string of the molecule is CC.CCN1CC(C)(O)CC1CO. The first kappa shape index (κ1) is 12.9. The summed E-state index contributed by atoms with van der Waals surface area (Å²) in [6, 6.07) is 0.162. The van der Waals surface area contributed by atoms with E-state index in [0.717, 1.165) is 6.54 Å². The Labute approximate surface area is 81.4 Å². The maximum absolute atomic E-state index is 9.64. The van der Waals surface area contributed by atoms with Crippen molar-refractivity contribution in [3.05, 3.63) is 0 Å². The monoisotopic (exact) mass is 189 g/mol. The Kier molecular flexibility index (Phi) is 5.53. The van der Waals surface area contributed by atoms with Crippen LogP contribution in [0.15, 0.2) is 0 Å². The fourth-order valence-electron chi connectivity index (χ4n) is 1.82. The maximum Gasteiger partial charge on any atom is 0.0762 e. The minimum atomic E-state index is -0.594. The number of nitrogens with zero attached hydrogens (tertiary/aromatic N) is 1. The number of hydrogen-bond donors (Lipinski definition) is 2. The van der Waals surface area contributed by atoms with Gasteiger partial charge in [0.1, 0.15) is 0 Å². The van der Waals surface area contributed by atoms with Gasteiger partial charge in [0.2, 0.25) is 0 Å². The summed E-state index contributed by atoms with van der Waals surface area (Å²) in [6.07, 6.45) is 0.692. The first-order valence-electron chi connectivity index (χ1n) is 5.16. The van der Waals surface area contributed by atoms with Crippen molar-refractivity contribution in [2.24, 2.45) is 0 Å². The lowest BCUT2D eigenvalue weighted by atomic mass is 10.0. The Morgan fingerprint density at radius 3 is 2.31 bits per heavy atom. The number of likely N-dealkylation sites (tertiary alicyclic amines) is 1. The van der Waals surface area contributed by atoms with Crippen LogP contribution in [0.1, 0.15) is 34.1 Å². The Hall–Kier alpha value is -0.120. The summed E-state index contributed by atoms with van der Waals surface area (Å²) in [5.74, 6) is 0. The zero-order valence-corrected chi connectivity index (χ0v) is 9.25. The van der Waals surface area contributed by atoms with Gasteiger partial charge in [-0.1, -0.05) is 20.8 Å². The Morgan fingerprint density at radius 2 is 2.00 bits per heavy atom. The van der Waals surface area contributed by atoms with E-state index >= 15 is 0 Å². The molecule has 2 unspecified atom stereocenters. The zero-order chi connectivity index (χ0) is 10.5. The van der Waals surface area contributed by atoms with E-state index in [1.807, 2.05) is 27.7 Å².